The molecule has 0 aromatic carbocycles. The van der Waals surface area contributed by atoms with Gasteiger partial charge in [-0.2, -0.15) is 0 Å². The molecule has 0 bridgehead atoms. The van der Waals surface area contributed by atoms with Crippen molar-refractivity contribution in [1.82, 2.24) is 0 Å². The highest BCUT2D eigenvalue weighted by Crippen LogP contribution is 2.10. The van der Waals surface area contributed by atoms with Crippen molar-refractivity contribution in [2.24, 2.45) is 5.16 Å². The summed E-state index contributed by atoms with van der Waals surface area (Å²) in [5.41, 5.74) is 0.937. The largest absolute Gasteiger partial charge is 1.00 e. The zero-order valence-corrected chi connectivity index (χ0v) is 14.6. The predicted octanol–water partition coefficient (Wildman–Crippen LogP) is 1.71. The van der Waals surface area contributed by atoms with Crippen LogP contribution in [0.3, 0.4) is 0 Å². The minimum absolute atomic E-state index is 0. The molecule has 0 radical (unpaired) electrons. The maximum Gasteiger partial charge on any atom is 0.177 e. The highest BCUT2D eigenvalue weighted by Gasteiger charge is 2.01. The van der Waals surface area contributed by atoms with Crippen LogP contribution in [0.5, 0.6) is 0 Å². The van der Waals surface area contributed by atoms with E-state index in [4.69, 9.17) is 5.21 Å². The van der Waals surface area contributed by atoms with Gasteiger partial charge in [0.1, 0.15) is 6.54 Å². The molecule has 3 nitrogen and oxygen atoms in total. The van der Waals surface area contributed by atoms with E-state index in [1.807, 2.05) is 18.3 Å². The van der Waals surface area contributed by atoms with E-state index in [0.717, 1.165) is 12.1 Å². The van der Waals surface area contributed by atoms with Crippen molar-refractivity contribution in [1.29, 1.82) is 0 Å². The van der Waals surface area contributed by atoms with Gasteiger partial charge in [0.15, 0.2) is 12.4 Å². The summed E-state index contributed by atoms with van der Waals surface area (Å²) in [7, 11) is 0. The van der Waals surface area contributed by atoms with E-state index in [1.165, 1.54) is 70.4 Å². The molecule has 1 rings (SSSR count). The Bertz CT molecular complexity index is 396. The summed E-state index contributed by atoms with van der Waals surface area (Å²) >= 11 is 0. The first-order valence-electron chi connectivity index (χ1n) is 8.53. The lowest BCUT2D eigenvalue weighted by atomic mass is 10.1. The van der Waals surface area contributed by atoms with Crippen LogP contribution in [0.2, 0.25) is 0 Å². The van der Waals surface area contributed by atoms with Crippen LogP contribution in [0, 0.1) is 0 Å². The minimum atomic E-state index is 0. The van der Waals surface area contributed by atoms with Crippen molar-refractivity contribution < 1.29 is 22.2 Å². The van der Waals surface area contributed by atoms with Crippen LogP contribution in [-0.2, 0) is 6.54 Å². The number of hydrogen-bond acceptors (Lipinski definition) is 2. The van der Waals surface area contributed by atoms with Crippen molar-refractivity contribution in [3.8, 4) is 0 Å². The Kier molecular flexibility index (Phi) is 14.1. The summed E-state index contributed by atoms with van der Waals surface area (Å²) in [6, 6.07) is 3.93. The summed E-state index contributed by atoms with van der Waals surface area (Å²) in [5, 5.41) is 11.6. The zero-order valence-electron chi connectivity index (χ0n) is 13.9. The standard InChI is InChI=1S/C18H30N2O.ClH/c1-2-3-4-5-6-7-8-9-10-11-14-20-15-12-13-18(17-20)16-19-21;/h12-13,15-17H,2-11,14H2,1H3;1H. The molecule has 1 aromatic rings. The molecule has 126 valence electrons. The molecule has 0 fully saturated rings. The van der Waals surface area contributed by atoms with Gasteiger partial charge in [-0.1, -0.05) is 63.4 Å². The Morgan fingerprint density at radius 1 is 1.00 bits per heavy atom. The molecular weight excluding hydrogens is 296 g/mol. The van der Waals surface area contributed by atoms with E-state index < -0.39 is 0 Å². The molecule has 0 aliphatic heterocycles. The highest BCUT2D eigenvalue weighted by molar-refractivity contribution is 5.77. The molecule has 0 aliphatic carbocycles. The lowest BCUT2D eigenvalue weighted by molar-refractivity contribution is -0.697. The number of aromatic nitrogens is 1. The highest BCUT2D eigenvalue weighted by atomic mass is 35.5. The van der Waals surface area contributed by atoms with Crippen LogP contribution in [0.4, 0.5) is 0 Å². The topological polar surface area (TPSA) is 36.5 Å². The second kappa shape index (κ2) is 14.8. The van der Waals surface area contributed by atoms with Gasteiger partial charge < -0.3 is 17.6 Å². The molecule has 0 amide bonds. The maximum absolute atomic E-state index is 8.54. The van der Waals surface area contributed by atoms with E-state index in [2.05, 4.69) is 22.8 Å². The van der Waals surface area contributed by atoms with Crippen LogP contribution in [0.15, 0.2) is 29.7 Å². The average Bonchev–Trinajstić information content (AvgIpc) is 2.50. The Morgan fingerprint density at radius 2 is 1.59 bits per heavy atom. The van der Waals surface area contributed by atoms with Crippen molar-refractivity contribution in [3.05, 3.63) is 30.1 Å². The number of unbranched alkanes of at least 4 members (excludes halogenated alkanes) is 9. The van der Waals surface area contributed by atoms with E-state index >= 15 is 0 Å². The summed E-state index contributed by atoms with van der Waals surface area (Å²) in [4.78, 5) is 0. The summed E-state index contributed by atoms with van der Waals surface area (Å²) in [6.07, 6.45) is 19.2. The van der Waals surface area contributed by atoms with Gasteiger partial charge >= 0.3 is 0 Å². The Labute approximate surface area is 141 Å². The number of nitrogens with zero attached hydrogens (tertiary/aromatic N) is 2. The van der Waals surface area contributed by atoms with Gasteiger partial charge in [0, 0.05) is 12.5 Å². The first-order chi connectivity index (χ1) is 10.4. The molecule has 1 N–H and O–H groups in total. The molecule has 0 spiro atoms. The Hall–Kier alpha value is -1.09. The SMILES string of the molecule is CCCCCCCCCCCC[n+]1cccc(C=NO)c1.[Cl-]. The number of oxime groups is 1. The second-order valence-corrected chi connectivity index (χ2v) is 5.80. The predicted molar refractivity (Wildman–Crippen MR) is 87.9 cm³/mol. The molecule has 4 heteroatoms. The summed E-state index contributed by atoms with van der Waals surface area (Å²) in [6.45, 7) is 3.31. The number of rotatable bonds is 12. The summed E-state index contributed by atoms with van der Waals surface area (Å²) < 4.78 is 2.17. The van der Waals surface area contributed by atoms with E-state index in [0.29, 0.717) is 0 Å². The maximum atomic E-state index is 8.54. The van der Waals surface area contributed by atoms with Crippen LogP contribution >= 0.6 is 0 Å². The second-order valence-electron chi connectivity index (χ2n) is 5.80. The first-order valence-corrected chi connectivity index (χ1v) is 8.53. The Morgan fingerprint density at radius 3 is 2.18 bits per heavy atom. The number of halogens is 1. The molecule has 0 aliphatic rings. The monoisotopic (exact) mass is 326 g/mol. The van der Waals surface area contributed by atoms with E-state index in [1.54, 1.807) is 0 Å². The smallest absolute Gasteiger partial charge is 0.177 e. The minimum Gasteiger partial charge on any atom is -1.00 e. The van der Waals surface area contributed by atoms with Gasteiger partial charge in [0.05, 0.1) is 11.8 Å². The van der Waals surface area contributed by atoms with Crippen molar-refractivity contribution in [2.45, 2.75) is 77.7 Å². The lowest BCUT2D eigenvalue weighted by Gasteiger charge is -2.01. The average molecular weight is 327 g/mol. The number of aryl methyl sites for hydroxylation is 1. The molecule has 0 atom stereocenters. The van der Waals surface area contributed by atoms with Crippen molar-refractivity contribution >= 4 is 6.21 Å². The molecule has 0 saturated carbocycles. The number of pyridine rings is 1. The van der Waals surface area contributed by atoms with Gasteiger partial charge in [0.25, 0.3) is 0 Å². The van der Waals surface area contributed by atoms with Crippen LogP contribution in [0.25, 0.3) is 0 Å². The van der Waals surface area contributed by atoms with Crippen molar-refractivity contribution in [2.75, 3.05) is 0 Å². The third-order valence-corrected chi connectivity index (χ3v) is 3.86. The normalized spacial score (nSPS) is 10.8. The van der Waals surface area contributed by atoms with E-state index in [9.17, 15) is 0 Å². The lowest BCUT2D eigenvalue weighted by Crippen LogP contribution is -3.00. The fourth-order valence-electron chi connectivity index (χ4n) is 2.61. The number of hydrogen-bond donors (Lipinski definition) is 1. The quantitative estimate of drug-likeness (QED) is 0.205. The molecule has 1 aromatic heterocycles. The molecule has 0 unspecified atom stereocenters. The molecule has 0 saturated heterocycles. The fourth-order valence-corrected chi connectivity index (χ4v) is 2.61. The van der Waals surface area contributed by atoms with Crippen molar-refractivity contribution in [3.63, 3.8) is 0 Å². The molecule has 22 heavy (non-hydrogen) atoms. The fraction of sp³-hybridized carbons (Fsp3) is 0.667. The van der Waals surface area contributed by atoms with Gasteiger partial charge in [-0.05, 0) is 12.5 Å². The van der Waals surface area contributed by atoms with E-state index in [-0.39, 0.29) is 12.4 Å². The van der Waals surface area contributed by atoms with Crippen LogP contribution < -0.4 is 17.0 Å². The van der Waals surface area contributed by atoms with Crippen LogP contribution in [0.1, 0.15) is 76.7 Å². The van der Waals surface area contributed by atoms with Gasteiger partial charge in [0.2, 0.25) is 0 Å². The van der Waals surface area contributed by atoms with Gasteiger partial charge in [-0.25, -0.2) is 4.57 Å². The van der Waals surface area contributed by atoms with Gasteiger partial charge in [-0.3, -0.25) is 0 Å². The van der Waals surface area contributed by atoms with Crippen LogP contribution in [-0.4, -0.2) is 11.4 Å². The molecular formula is C18H31ClN2O. The zero-order chi connectivity index (χ0) is 15.2. The third kappa shape index (κ3) is 10.6. The molecule has 1 heterocycles. The Balaban J connectivity index is 0.00000441. The third-order valence-electron chi connectivity index (χ3n) is 3.86. The summed E-state index contributed by atoms with van der Waals surface area (Å²) in [5.74, 6) is 0. The first kappa shape index (κ1) is 20.9. The van der Waals surface area contributed by atoms with Gasteiger partial charge in [-0.15, -0.1) is 0 Å².